The summed E-state index contributed by atoms with van der Waals surface area (Å²) in [6, 6.07) is 0.0834. The number of fused-ring (bicyclic) bond motifs is 2. The third-order valence-corrected chi connectivity index (χ3v) is 6.98. The fourth-order valence-electron chi connectivity index (χ4n) is 5.47. The Balaban J connectivity index is 1.82. The van der Waals surface area contributed by atoms with E-state index in [1.165, 1.54) is 0 Å². The molecular weight excluding hydrogens is 304 g/mol. The molecule has 2 heterocycles. The fourth-order valence-corrected chi connectivity index (χ4v) is 5.47. The second-order valence-corrected chi connectivity index (χ2v) is 10.1. The van der Waals surface area contributed by atoms with Crippen LogP contribution in [-0.2, 0) is 14.3 Å². The summed E-state index contributed by atoms with van der Waals surface area (Å²) < 4.78 is 5.71. The van der Waals surface area contributed by atoms with E-state index in [2.05, 4.69) is 38.3 Å². The van der Waals surface area contributed by atoms with Crippen LogP contribution in [0.2, 0.25) is 0 Å². The molecule has 3 aliphatic rings. The summed E-state index contributed by atoms with van der Waals surface area (Å²) >= 11 is 0. The number of hydrogen-bond acceptors (Lipinski definition) is 4. The van der Waals surface area contributed by atoms with Gasteiger partial charge < -0.3 is 15.4 Å². The Bertz CT molecular complexity index is 579. The Hall–Kier alpha value is -1.10. The summed E-state index contributed by atoms with van der Waals surface area (Å²) in [7, 11) is 0. The quantitative estimate of drug-likeness (QED) is 0.761. The van der Waals surface area contributed by atoms with Crippen LogP contribution in [0.3, 0.4) is 0 Å². The van der Waals surface area contributed by atoms with E-state index in [1.54, 1.807) is 0 Å². The monoisotopic (exact) mass is 336 g/mol. The number of nitrogens with one attached hydrogen (secondary N) is 2. The van der Waals surface area contributed by atoms with Gasteiger partial charge in [-0.05, 0) is 60.3 Å². The molecule has 0 aromatic rings. The van der Waals surface area contributed by atoms with Crippen molar-refractivity contribution in [1.82, 2.24) is 10.6 Å². The second-order valence-electron chi connectivity index (χ2n) is 10.1. The van der Waals surface area contributed by atoms with Crippen LogP contribution >= 0.6 is 0 Å². The van der Waals surface area contributed by atoms with Crippen molar-refractivity contribution in [3.05, 3.63) is 0 Å². The summed E-state index contributed by atoms with van der Waals surface area (Å²) in [5.41, 5.74) is -2.14. The van der Waals surface area contributed by atoms with E-state index in [1.807, 2.05) is 20.8 Å². The van der Waals surface area contributed by atoms with Crippen LogP contribution in [0.25, 0.3) is 0 Å². The van der Waals surface area contributed by atoms with Crippen LogP contribution in [-0.4, -0.2) is 34.6 Å². The van der Waals surface area contributed by atoms with E-state index in [4.69, 9.17) is 4.74 Å². The largest absolute Gasteiger partial charge is 0.448 e. The van der Waals surface area contributed by atoms with Crippen molar-refractivity contribution in [3.8, 4) is 0 Å². The third-order valence-electron chi connectivity index (χ3n) is 6.98. The highest BCUT2D eigenvalue weighted by Crippen LogP contribution is 2.65. The van der Waals surface area contributed by atoms with Gasteiger partial charge in [0.25, 0.3) is 5.91 Å². The Morgan fingerprint density at radius 2 is 1.58 bits per heavy atom. The molecule has 1 saturated carbocycles. The highest BCUT2D eigenvalue weighted by Gasteiger charge is 2.75. The van der Waals surface area contributed by atoms with Crippen LogP contribution in [0, 0.1) is 10.8 Å². The normalized spacial score (nSPS) is 39.5. The summed E-state index contributed by atoms with van der Waals surface area (Å²) in [5, 5.41) is 6.86. The van der Waals surface area contributed by atoms with E-state index in [-0.39, 0.29) is 29.0 Å². The van der Waals surface area contributed by atoms with Crippen molar-refractivity contribution in [3.63, 3.8) is 0 Å². The fraction of sp³-hybridized carbons (Fsp3) is 0.895. The molecule has 0 unspecified atom stereocenters. The van der Waals surface area contributed by atoms with Gasteiger partial charge in [0, 0.05) is 22.5 Å². The van der Waals surface area contributed by atoms with E-state index in [0.717, 1.165) is 19.3 Å². The Morgan fingerprint density at radius 3 is 2.00 bits per heavy atom. The molecule has 2 atom stereocenters. The molecule has 0 spiro atoms. The average Bonchev–Trinajstić information content (AvgIpc) is 2.65. The lowest BCUT2D eigenvalue weighted by molar-refractivity contribution is -0.168. The molecule has 24 heavy (non-hydrogen) atoms. The molecule has 1 amide bonds. The zero-order valence-electron chi connectivity index (χ0n) is 16.1. The maximum atomic E-state index is 13.2. The van der Waals surface area contributed by atoms with Crippen molar-refractivity contribution in [1.29, 1.82) is 0 Å². The minimum atomic E-state index is -1.02. The number of hydrogen-bond donors (Lipinski definition) is 2. The predicted molar refractivity (Wildman–Crippen MR) is 92.4 cm³/mol. The number of ether oxygens (including phenoxy) is 1. The van der Waals surface area contributed by atoms with Gasteiger partial charge in [-0.15, -0.1) is 0 Å². The molecule has 5 heteroatoms. The summed E-state index contributed by atoms with van der Waals surface area (Å²) in [4.78, 5) is 25.6. The third kappa shape index (κ3) is 2.23. The van der Waals surface area contributed by atoms with E-state index < -0.39 is 16.4 Å². The number of carbonyl (C=O) groups is 2. The predicted octanol–water partition coefficient (Wildman–Crippen LogP) is 2.53. The first kappa shape index (κ1) is 17.7. The van der Waals surface area contributed by atoms with Crippen LogP contribution in [0.4, 0.5) is 0 Å². The maximum absolute atomic E-state index is 13.2. The molecule has 0 aromatic carbocycles. The number of carbonyl (C=O) groups excluding carboxylic acids is 2. The molecule has 1 aliphatic carbocycles. The van der Waals surface area contributed by atoms with E-state index >= 15 is 0 Å². The van der Waals surface area contributed by atoms with Crippen molar-refractivity contribution >= 4 is 11.9 Å². The van der Waals surface area contributed by atoms with Gasteiger partial charge in [-0.3, -0.25) is 9.59 Å². The highest BCUT2D eigenvalue weighted by molar-refractivity contribution is 5.96. The first-order valence-electron chi connectivity index (χ1n) is 9.09. The smallest absolute Gasteiger partial charge is 0.313 e. The molecule has 2 aliphatic heterocycles. The van der Waals surface area contributed by atoms with Crippen LogP contribution in [0.1, 0.15) is 74.1 Å². The standard InChI is InChI=1S/C19H32N2O3/c1-15(2)10-12(11-16(3,4)21-15)20-13(22)19-9-8-18(7,14(23)24-19)17(19,5)6/h12,21H,8-11H2,1-7H3,(H,20,22)/t18-,19-/m1/s1. The van der Waals surface area contributed by atoms with Gasteiger partial charge in [0.05, 0.1) is 5.41 Å². The highest BCUT2D eigenvalue weighted by atomic mass is 16.6. The topological polar surface area (TPSA) is 67.4 Å². The molecule has 0 radical (unpaired) electrons. The molecule has 5 nitrogen and oxygen atoms in total. The zero-order valence-corrected chi connectivity index (χ0v) is 16.1. The molecule has 2 N–H and O–H groups in total. The van der Waals surface area contributed by atoms with Crippen LogP contribution < -0.4 is 10.6 Å². The SMILES string of the molecule is CC1(C)CC(NC(=O)[C@@]23CC[C@](C)(C(=O)O2)C3(C)C)CC(C)(C)N1. The number of amides is 1. The molecular formula is C19H32N2O3. The lowest BCUT2D eigenvalue weighted by Gasteiger charge is -2.47. The number of piperidine rings is 1. The lowest BCUT2D eigenvalue weighted by atomic mass is 9.66. The van der Waals surface area contributed by atoms with Crippen molar-refractivity contribution in [2.75, 3.05) is 0 Å². The second kappa shape index (κ2) is 4.75. The van der Waals surface area contributed by atoms with Crippen molar-refractivity contribution in [2.24, 2.45) is 10.8 Å². The molecule has 0 aromatic heterocycles. The molecule has 3 rings (SSSR count). The van der Waals surface area contributed by atoms with E-state index in [0.29, 0.717) is 6.42 Å². The Kier molecular flexibility index (Phi) is 3.50. The van der Waals surface area contributed by atoms with Gasteiger partial charge in [-0.2, -0.15) is 0 Å². The van der Waals surface area contributed by atoms with Gasteiger partial charge in [0.2, 0.25) is 0 Å². The average molecular weight is 336 g/mol. The first-order chi connectivity index (χ1) is 10.7. The van der Waals surface area contributed by atoms with Crippen molar-refractivity contribution < 1.29 is 14.3 Å². The molecule has 2 saturated heterocycles. The number of rotatable bonds is 2. The van der Waals surface area contributed by atoms with Gasteiger partial charge in [0.1, 0.15) is 0 Å². The summed E-state index contributed by atoms with van der Waals surface area (Å²) in [6.45, 7) is 14.6. The molecule has 2 bridgehead atoms. The summed E-state index contributed by atoms with van der Waals surface area (Å²) in [5.74, 6) is -0.333. The molecule has 136 valence electrons. The zero-order chi connectivity index (χ0) is 18.2. The summed E-state index contributed by atoms with van der Waals surface area (Å²) in [6.07, 6.45) is 3.06. The lowest BCUT2D eigenvalue weighted by Crippen LogP contribution is -2.64. The minimum absolute atomic E-state index is 0.0383. The van der Waals surface area contributed by atoms with E-state index in [9.17, 15) is 9.59 Å². The Labute approximate surface area is 145 Å². The molecule has 3 fully saturated rings. The van der Waals surface area contributed by atoms with Crippen molar-refractivity contribution in [2.45, 2.75) is 96.9 Å². The van der Waals surface area contributed by atoms with Gasteiger partial charge >= 0.3 is 5.97 Å². The first-order valence-corrected chi connectivity index (χ1v) is 9.09. The maximum Gasteiger partial charge on any atom is 0.313 e. The van der Waals surface area contributed by atoms with Gasteiger partial charge in [-0.1, -0.05) is 13.8 Å². The van der Waals surface area contributed by atoms with Crippen LogP contribution in [0.15, 0.2) is 0 Å². The minimum Gasteiger partial charge on any atom is -0.448 e. The van der Waals surface area contributed by atoms with Gasteiger partial charge in [-0.25, -0.2) is 0 Å². The number of esters is 1. The Morgan fingerprint density at radius 1 is 1.04 bits per heavy atom. The van der Waals surface area contributed by atoms with Crippen LogP contribution in [0.5, 0.6) is 0 Å². The van der Waals surface area contributed by atoms with Gasteiger partial charge in [0.15, 0.2) is 5.60 Å².